The molecule has 0 fully saturated rings. The minimum Gasteiger partial charge on any atom is -0.370 e. The van der Waals surface area contributed by atoms with E-state index >= 15 is 0 Å². The summed E-state index contributed by atoms with van der Waals surface area (Å²) in [6, 6.07) is 27.5. The molecule has 0 aliphatic carbocycles. The molecule has 1 atom stereocenters. The van der Waals surface area contributed by atoms with Gasteiger partial charge in [-0.3, -0.25) is 14.5 Å². The van der Waals surface area contributed by atoms with Gasteiger partial charge in [-0.05, 0) is 59.5 Å². The van der Waals surface area contributed by atoms with Crippen LogP contribution in [0.1, 0.15) is 29.2 Å². The molecular weight excluding hydrogens is 496 g/mol. The van der Waals surface area contributed by atoms with Crippen LogP contribution in [0.15, 0.2) is 103 Å². The van der Waals surface area contributed by atoms with Crippen molar-refractivity contribution in [2.75, 3.05) is 22.9 Å². The number of halogens is 2. The average molecular weight is 526 g/mol. The molecule has 0 radical (unpaired) electrons. The Morgan fingerprint density at radius 3 is 2.36 bits per heavy atom. The molecule has 1 aliphatic heterocycles. The molecule has 1 aliphatic rings. The fourth-order valence-corrected chi connectivity index (χ4v) is 5.00. The minimum absolute atomic E-state index is 0.106. The number of nitrogens with one attached hydrogen (secondary N) is 1. The van der Waals surface area contributed by atoms with Crippen LogP contribution in [-0.4, -0.2) is 24.9 Å². The fourth-order valence-electron chi connectivity index (χ4n) is 5.00. The summed E-state index contributed by atoms with van der Waals surface area (Å²) in [5.74, 6) is -1.77. The van der Waals surface area contributed by atoms with Crippen LogP contribution in [0.2, 0.25) is 0 Å². The number of rotatable bonds is 9. The van der Waals surface area contributed by atoms with Crippen LogP contribution < -0.4 is 15.1 Å². The molecule has 0 saturated heterocycles. The first-order valence-electron chi connectivity index (χ1n) is 13.0. The van der Waals surface area contributed by atoms with Crippen molar-refractivity contribution >= 4 is 23.2 Å². The quantitative estimate of drug-likeness (QED) is 0.300. The highest BCUT2D eigenvalue weighted by atomic mass is 19.1. The van der Waals surface area contributed by atoms with Crippen molar-refractivity contribution in [2.45, 2.75) is 25.4 Å². The van der Waals surface area contributed by atoms with E-state index in [1.54, 1.807) is 6.07 Å². The number of hydrogen-bond donors (Lipinski definition) is 1. The minimum atomic E-state index is -1.13. The lowest BCUT2D eigenvalue weighted by molar-refractivity contribution is -0.126. The van der Waals surface area contributed by atoms with Crippen LogP contribution in [0.25, 0.3) is 0 Å². The molecule has 0 bridgehead atoms. The van der Waals surface area contributed by atoms with Gasteiger partial charge in [0.1, 0.15) is 17.7 Å². The summed E-state index contributed by atoms with van der Waals surface area (Å²) in [4.78, 5) is 31.1. The summed E-state index contributed by atoms with van der Waals surface area (Å²) in [6.07, 6.45) is 1.01. The SMILES string of the molecule is O=C(NCc1ccccc1)[C@H](c1ccc(F)cc1)N(C(=O)CCN1CCc2ccccc21)c1cccc(F)c1. The normalized spacial score (nSPS) is 13.0. The predicted octanol–water partition coefficient (Wildman–Crippen LogP) is 5.81. The molecule has 198 valence electrons. The number of amides is 2. The summed E-state index contributed by atoms with van der Waals surface area (Å²) in [5.41, 5.74) is 3.90. The topological polar surface area (TPSA) is 52.7 Å². The third kappa shape index (κ3) is 6.14. The number of hydrogen-bond acceptors (Lipinski definition) is 3. The van der Waals surface area contributed by atoms with E-state index in [9.17, 15) is 18.4 Å². The van der Waals surface area contributed by atoms with Crippen LogP contribution in [0.4, 0.5) is 20.2 Å². The van der Waals surface area contributed by atoms with E-state index in [1.807, 2.05) is 48.5 Å². The van der Waals surface area contributed by atoms with Crippen molar-refractivity contribution < 1.29 is 18.4 Å². The summed E-state index contributed by atoms with van der Waals surface area (Å²) in [6.45, 7) is 1.49. The maximum absolute atomic E-state index is 14.4. The van der Waals surface area contributed by atoms with Crippen molar-refractivity contribution in [1.29, 1.82) is 0 Å². The van der Waals surface area contributed by atoms with E-state index in [0.717, 1.165) is 24.2 Å². The molecule has 0 saturated carbocycles. The van der Waals surface area contributed by atoms with E-state index in [0.29, 0.717) is 12.1 Å². The van der Waals surface area contributed by atoms with Gasteiger partial charge in [0.15, 0.2) is 0 Å². The van der Waals surface area contributed by atoms with Gasteiger partial charge in [0.05, 0.1) is 0 Å². The van der Waals surface area contributed by atoms with E-state index in [-0.39, 0.29) is 24.6 Å². The van der Waals surface area contributed by atoms with Crippen LogP contribution >= 0.6 is 0 Å². The molecule has 4 aromatic carbocycles. The lowest BCUT2D eigenvalue weighted by atomic mass is 10.0. The molecule has 39 heavy (non-hydrogen) atoms. The maximum atomic E-state index is 14.4. The Balaban J connectivity index is 1.46. The number of fused-ring (bicyclic) bond motifs is 1. The second kappa shape index (κ2) is 11.9. The number of carbonyl (C=O) groups excluding carboxylic acids is 2. The highest BCUT2D eigenvalue weighted by molar-refractivity contribution is 6.01. The van der Waals surface area contributed by atoms with Gasteiger partial charge in [-0.2, -0.15) is 0 Å². The lowest BCUT2D eigenvalue weighted by Gasteiger charge is -2.32. The van der Waals surface area contributed by atoms with Gasteiger partial charge in [0, 0.05) is 37.4 Å². The molecular formula is C32H29F2N3O2. The van der Waals surface area contributed by atoms with Gasteiger partial charge in [0.2, 0.25) is 11.8 Å². The van der Waals surface area contributed by atoms with Gasteiger partial charge in [-0.15, -0.1) is 0 Å². The van der Waals surface area contributed by atoms with Crippen molar-refractivity contribution in [3.8, 4) is 0 Å². The molecule has 4 aromatic rings. The first-order chi connectivity index (χ1) is 19.0. The summed E-state index contributed by atoms with van der Waals surface area (Å²) < 4.78 is 28.2. The monoisotopic (exact) mass is 525 g/mol. The number of anilines is 2. The molecule has 7 heteroatoms. The third-order valence-electron chi connectivity index (χ3n) is 6.94. The van der Waals surface area contributed by atoms with Crippen molar-refractivity contribution in [1.82, 2.24) is 5.32 Å². The van der Waals surface area contributed by atoms with Gasteiger partial charge < -0.3 is 10.2 Å². The number of carbonyl (C=O) groups is 2. The van der Waals surface area contributed by atoms with Crippen LogP contribution in [-0.2, 0) is 22.6 Å². The summed E-state index contributed by atoms with van der Waals surface area (Å²) in [5, 5.41) is 2.91. The molecule has 0 aromatic heterocycles. The Morgan fingerprint density at radius 1 is 0.846 bits per heavy atom. The van der Waals surface area contributed by atoms with Crippen LogP contribution in [0.3, 0.4) is 0 Å². The van der Waals surface area contributed by atoms with Gasteiger partial charge in [0.25, 0.3) is 0 Å². The van der Waals surface area contributed by atoms with Gasteiger partial charge in [-0.25, -0.2) is 8.78 Å². The Kier molecular flexibility index (Phi) is 7.96. The van der Waals surface area contributed by atoms with Gasteiger partial charge >= 0.3 is 0 Å². The predicted molar refractivity (Wildman–Crippen MR) is 148 cm³/mol. The molecule has 0 spiro atoms. The zero-order chi connectivity index (χ0) is 27.2. The summed E-state index contributed by atoms with van der Waals surface area (Å²) >= 11 is 0. The zero-order valence-corrected chi connectivity index (χ0v) is 21.4. The third-order valence-corrected chi connectivity index (χ3v) is 6.94. The first kappa shape index (κ1) is 26.1. The second-order valence-electron chi connectivity index (χ2n) is 9.52. The molecule has 1 heterocycles. The van der Waals surface area contributed by atoms with E-state index in [4.69, 9.17) is 0 Å². The molecule has 5 nitrogen and oxygen atoms in total. The van der Waals surface area contributed by atoms with E-state index in [2.05, 4.69) is 16.3 Å². The van der Waals surface area contributed by atoms with Crippen molar-refractivity contribution in [3.05, 3.63) is 131 Å². The first-order valence-corrected chi connectivity index (χ1v) is 13.0. The standard InChI is InChI=1S/C32H29F2N3O2/c33-26-15-13-25(14-16-26)31(32(39)35-22-23-7-2-1-3-8-23)37(28-11-6-10-27(34)21-28)30(38)18-20-36-19-17-24-9-4-5-12-29(24)36/h1-16,21,31H,17-20,22H2,(H,35,39)/t31-/m0/s1. The van der Waals surface area contributed by atoms with E-state index < -0.39 is 23.6 Å². The molecule has 5 rings (SSSR count). The maximum Gasteiger partial charge on any atom is 0.248 e. The Hall–Kier alpha value is -4.52. The lowest BCUT2D eigenvalue weighted by Crippen LogP contribution is -2.44. The number of benzene rings is 4. The molecule has 1 N–H and O–H groups in total. The molecule has 0 unspecified atom stereocenters. The van der Waals surface area contributed by atoms with Crippen LogP contribution in [0.5, 0.6) is 0 Å². The Morgan fingerprint density at radius 2 is 1.59 bits per heavy atom. The van der Waals surface area contributed by atoms with Crippen molar-refractivity contribution in [2.24, 2.45) is 0 Å². The average Bonchev–Trinajstić information content (AvgIpc) is 3.37. The smallest absolute Gasteiger partial charge is 0.248 e. The van der Waals surface area contributed by atoms with Gasteiger partial charge in [-0.1, -0.05) is 66.7 Å². The second-order valence-corrected chi connectivity index (χ2v) is 9.52. The number of para-hydroxylation sites is 1. The Bertz CT molecular complexity index is 1440. The molecule has 2 amide bonds. The zero-order valence-electron chi connectivity index (χ0n) is 21.4. The van der Waals surface area contributed by atoms with Crippen LogP contribution in [0, 0.1) is 11.6 Å². The summed E-state index contributed by atoms with van der Waals surface area (Å²) in [7, 11) is 0. The highest BCUT2D eigenvalue weighted by Gasteiger charge is 2.33. The largest absolute Gasteiger partial charge is 0.370 e. The Labute approximate surface area is 226 Å². The highest BCUT2D eigenvalue weighted by Crippen LogP contribution is 2.31. The number of nitrogens with zero attached hydrogens (tertiary/aromatic N) is 2. The van der Waals surface area contributed by atoms with E-state index in [1.165, 1.54) is 52.9 Å². The van der Waals surface area contributed by atoms with Crippen molar-refractivity contribution in [3.63, 3.8) is 0 Å². The fraction of sp³-hybridized carbons (Fsp3) is 0.188.